The number of imidazole rings is 1. The van der Waals surface area contributed by atoms with Crippen molar-refractivity contribution in [3.63, 3.8) is 0 Å². The van der Waals surface area contributed by atoms with Crippen molar-refractivity contribution in [3.8, 4) is 11.3 Å². The molecule has 2 aromatic carbocycles. The summed E-state index contributed by atoms with van der Waals surface area (Å²) in [5.74, 6) is 0. The van der Waals surface area contributed by atoms with Crippen molar-refractivity contribution in [3.05, 3.63) is 54.7 Å². The lowest BCUT2D eigenvalue weighted by Gasteiger charge is -2.00. The number of hydrogen-bond donors (Lipinski definition) is 1. The van der Waals surface area contributed by atoms with E-state index in [0.717, 1.165) is 21.9 Å². The summed E-state index contributed by atoms with van der Waals surface area (Å²) in [5, 5.41) is 3.13. The zero-order valence-corrected chi connectivity index (χ0v) is 11.8. The minimum atomic E-state index is 1.02. The Labute approximate surface area is 120 Å². The molecular formula is C16H13N3S. The Balaban J connectivity index is 1.87. The summed E-state index contributed by atoms with van der Waals surface area (Å²) in [7, 11) is 1.92. The van der Waals surface area contributed by atoms with Crippen LogP contribution in [0.3, 0.4) is 0 Å². The fourth-order valence-corrected chi connectivity index (χ4v) is 3.40. The molecule has 0 atom stereocenters. The molecule has 1 N–H and O–H groups in total. The molecule has 2 aromatic heterocycles. The molecule has 0 saturated carbocycles. The average Bonchev–Trinajstić information content (AvgIpc) is 3.05. The maximum atomic E-state index is 4.74. The number of para-hydroxylation sites is 1. The zero-order valence-electron chi connectivity index (χ0n) is 11.0. The molecule has 3 nitrogen and oxygen atoms in total. The fourth-order valence-electron chi connectivity index (χ4n) is 2.40. The van der Waals surface area contributed by atoms with E-state index >= 15 is 0 Å². The van der Waals surface area contributed by atoms with Gasteiger partial charge in [-0.1, -0.05) is 35.6 Å². The van der Waals surface area contributed by atoms with Gasteiger partial charge in [-0.15, -0.1) is 0 Å². The maximum Gasteiger partial charge on any atom is 0.195 e. The first-order chi connectivity index (χ1) is 9.85. The van der Waals surface area contributed by atoms with Crippen molar-refractivity contribution in [2.24, 2.45) is 0 Å². The van der Waals surface area contributed by atoms with Crippen LogP contribution in [0.15, 0.2) is 54.7 Å². The molecule has 4 rings (SSSR count). The van der Waals surface area contributed by atoms with Crippen molar-refractivity contribution in [1.29, 1.82) is 0 Å². The largest absolute Gasteiger partial charge is 0.388 e. The molecule has 0 aliphatic carbocycles. The molecule has 4 heteroatoms. The monoisotopic (exact) mass is 279 g/mol. The summed E-state index contributed by atoms with van der Waals surface area (Å²) in [6, 6.07) is 16.7. The normalized spacial score (nSPS) is 11.2. The van der Waals surface area contributed by atoms with E-state index in [9.17, 15) is 0 Å². The zero-order chi connectivity index (χ0) is 13.5. The number of benzene rings is 2. The molecule has 0 bridgehead atoms. The highest BCUT2D eigenvalue weighted by molar-refractivity contribution is 7.23. The van der Waals surface area contributed by atoms with Crippen LogP contribution in [-0.2, 0) is 0 Å². The molecule has 0 saturated heterocycles. The first kappa shape index (κ1) is 11.5. The number of rotatable bonds is 2. The summed E-state index contributed by atoms with van der Waals surface area (Å²) in [6.45, 7) is 0. The molecule has 98 valence electrons. The second-order valence-corrected chi connectivity index (χ2v) is 5.68. The van der Waals surface area contributed by atoms with E-state index in [0.29, 0.717) is 0 Å². The lowest BCUT2D eigenvalue weighted by Crippen LogP contribution is -1.86. The summed E-state index contributed by atoms with van der Waals surface area (Å²) in [6.07, 6.45) is 2.11. The lowest BCUT2D eigenvalue weighted by atomic mass is 10.1. The first-order valence-corrected chi connectivity index (χ1v) is 7.31. The van der Waals surface area contributed by atoms with Crippen molar-refractivity contribution in [1.82, 2.24) is 9.38 Å². The molecule has 0 aliphatic heterocycles. The van der Waals surface area contributed by atoms with Crippen LogP contribution in [0.4, 0.5) is 5.69 Å². The summed E-state index contributed by atoms with van der Waals surface area (Å²) >= 11 is 1.72. The van der Waals surface area contributed by atoms with Crippen LogP contribution in [-0.4, -0.2) is 16.4 Å². The number of fused-ring (bicyclic) bond motifs is 3. The molecule has 0 spiro atoms. The Morgan fingerprint density at radius 2 is 1.85 bits per heavy atom. The lowest BCUT2D eigenvalue weighted by molar-refractivity contribution is 1.30. The van der Waals surface area contributed by atoms with Crippen molar-refractivity contribution in [2.75, 3.05) is 12.4 Å². The second kappa shape index (κ2) is 4.35. The SMILES string of the molecule is CNc1ccc(-c2cn3c(n2)sc2ccccc23)cc1. The van der Waals surface area contributed by atoms with Crippen molar-refractivity contribution < 1.29 is 0 Å². The highest BCUT2D eigenvalue weighted by Crippen LogP contribution is 2.29. The third-order valence-electron chi connectivity index (χ3n) is 3.47. The number of nitrogens with one attached hydrogen (secondary N) is 1. The standard InChI is InChI=1S/C16H13N3S/c1-17-12-8-6-11(7-9-12)13-10-19-14-4-2-3-5-15(14)20-16(19)18-13/h2-10,17H,1H3. The van der Waals surface area contributed by atoms with E-state index in [1.54, 1.807) is 11.3 Å². The van der Waals surface area contributed by atoms with Gasteiger partial charge in [0.2, 0.25) is 0 Å². The van der Waals surface area contributed by atoms with Gasteiger partial charge in [-0.05, 0) is 24.3 Å². The number of thiazole rings is 1. The first-order valence-electron chi connectivity index (χ1n) is 6.50. The smallest absolute Gasteiger partial charge is 0.195 e. The van der Waals surface area contributed by atoms with Gasteiger partial charge < -0.3 is 5.32 Å². The van der Waals surface area contributed by atoms with Crippen LogP contribution < -0.4 is 5.32 Å². The molecule has 4 aromatic rings. The van der Waals surface area contributed by atoms with Crippen molar-refractivity contribution >= 4 is 32.2 Å². The third kappa shape index (κ3) is 1.69. The Bertz CT molecular complexity index is 887. The van der Waals surface area contributed by atoms with Crippen LogP contribution in [0.5, 0.6) is 0 Å². The highest BCUT2D eigenvalue weighted by Gasteiger charge is 2.09. The van der Waals surface area contributed by atoms with E-state index in [2.05, 4.69) is 64.4 Å². The molecule has 0 amide bonds. The highest BCUT2D eigenvalue weighted by atomic mass is 32.1. The van der Waals surface area contributed by atoms with Crippen LogP contribution in [0, 0.1) is 0 Å². The van der Waals surface area contributed by atoms with Gasteiger partial charge in [-0.3, -0.25) is 4.40 Å². The molecule has 0 aliphatic rings. The van der Waals surface area contributed by atoms with Crippen LogP contribution >= 0.6 is 11.3 Å². The maximum absolute atomic E-state index is 4.74. The van der Waals surface area contributed by atoms with Gasteiger partial charge in [-0.25, -0.2) is 4.98 Å². The Kier molecular flexibility index (Phi) is 2.50. The summed E-state index contributed by atoms with van der Waals surface area (Å²) < 4.78 is 3.44. The molecule has 2 heterocycles. The topological polar surface area (TPSA) is 29.3 Å². The van der Waals surface area contributed by atoms with Gasteiger partial charge in [0.15, 0.2) is 4.96 Å². The van der Waals surface area contributed by atoms with E-state index in [4.69, 9.17) is 4.98 Å². The second-order valence-electron chi connectivity index (χ2n) is 4.68. The van der Waals surface area contributed by atoms with E-state index in [1.807, 2.05) is 7.05 Å². The number of anilines is 1. The van der Waals surface area contributed by atoms with E-state index < -0.39 is 0 Å². The third-order valence-corrected chi connectivity index (χ3v) is 4.50. The van der Waals surface area contributed by atoms with Crippen molar-refractivity contribution in [2.45, 2.75) is 0 Å². The summed E-state index contributed by atoms with van der Waals surface area (Å²) in [4.78, 5) is 5.78. The molecule has 0 fully saturated rings. The predicted octanol–water partition coefficient (Wildman–Crippen LogP) is 4.26. The number of nitrogens with zero attached hydrogens (tertiary/aromatic N) is 2. The van der Waals surface area contributed by atoms with Gasteiger partial charge >= 0.3 is 0 Å². The molecule has 0 radical (unpaired) electrons. The number of hydrogen-bond acceptors (Lipinski definition) is 3. The van der Waals surface area contributed by atoms with Crippen LogP contribution in [0.25, 0.3) is 26.4 Å². The van der Waals surface area contributed by atoms with Crippen LogP contribution in [0.1, 0.15) is 0 Å². The predicted molar refractivity (Wildman–Crippen MR) is 85.6 cm³/mol. The quantitative estimate of drug-likeness (QED) is 0.594. The summed E-state index contributed by atoms with van der Waals surface area (Å²) in [5.41, 5.74) is 4.49. The van der Waals surface area contributed by atoms with Gasteiger partial charge in [-0.2, -0.15) is 0 Å². The van der Waals surface area contributed by atoms with E-state index in [-0.39, 0.29) is 0 Å². The van der Waals surface area contributed by atoms with Crippen LogP contribution in [0.2, 0.25) is 0 Å². The Morgan fingerprint density at radius 1 is 1.05 bits per heavy atom. The Hall–Kier alpha value is -2.33. The average molecular weight is 279 g/mol. The molecule has 0 unspecified atom stereocenters. The van der Waals surface area contributed by atoms with Gasteiger partial charge in [0.25, 0.3) is 0 Å². The molecule has 20 heavy (non-hydrogen) atoms. The van der Waals surface area contributed by atoms with E-state index in [1.165, 1.54) is 10.2 Å². The number of aromatic nitrogens is 2. The molecular weight excluding hydrogens is 266 g/mol. The van der Waals surface area contributed by atoms with Gasteiger partial charge in [0.05, 0.1) is 15.9 Å². The fraction of sp³-hybridized carbons (Fsp3) is 0.0625. The van der Waals surface area contributed by atoms with Gasteiger partial charge in [0.1, 0.15) is 0 Å². The van der Waals surface area contributed by atoms with Gasteiger partial charge in [0, 0.05) is 24.5 Å². The Morgan fingerprint density at radius 3 is 2.65 bits per heavy atom. The minimum Gasteiger partial charge on any atom is -0.388 e. The minimum absolute atomic E-state index is 1.02.